The minimum Gasteiger partial charge on any atom is -0.481 e. The smallest absolute Gasteiger partial charge is 0.308 e. The Labute approximate surface area is 121 Å². The molecule has 8 heteroatoms. The van der Waals surface area contributed by atoms with Gasteiger partial charge in [-0.2, -0.15) is 0 Å². The van der Waals surface area contributed by atoms with Crippen LogP contribution in [0.3, 0.4) is 0 Å². The Bertz CT molecular complexity index is 580. The second-order valence-electron chi connectivity index (χ2n) is 5.06. The molecule has 1 saturated heterocycles. The molecule has 2 heterocycles. The van der Waals surface area contributed by atoms with Crippen LogP contribution in [0.25, 0.3) is 0 Å². The van der Waals surface area contributed by atoms with Gasteiger partial charge in [0.25, 0.3) is 11.6 Å². The van der Waals surface area contributed by atoms with Crippen molar-refractivity contribution < 1.29 is 19.6 Å². The van der Waals surface area contributed by atoms with E-state index in [1.807, 2.05) is 0 Å². The van der Waals surface area contributed by atoms with E-state index in [2.05, 4.69) is 0 Å². The van der Waals surface area contributed by atoms with Crippen LogP contribution in [0.15, 0.2) is 12.3 Å². The fourth-order valence-electron chi connectivity index (χ4n) is 2.56. The highest BCUT2D eigenvalue weighted by Gasteiger charge is 2.30. The number of carboxylic acids is 1. The molecule has 1 aliphatic rings. The summed E-state index contributed by atoms with van der Waals surface area (Å²) < 4.78 is 1.52. The van der Waals surface area contributed by atoms with Crippen LogP contribution in [0.4, 0.5) is 5.69 Å². The summed E-state index contributed by atoms with van der Waals surface area (Å²) in [5.41, 5.74) is 0.0993. The van der Waals surface area contributed by atoms with Gasteiger partial charge in [-0.15, -0.1) is 0 Å². The number of aromatic nitrogens is 1. The maximum Gasteiger partial charge on any atom is 0.308 e. The second-order valence-corrected chi connectivity index (χ2v) is 5.06. The van der Waals surface area contributed by atoms with E-state index in [1.165, 1.54) is 21.7 Å². The van der Waals surface area contributed by atoms with Crippen molar-refractivity contribution in [2.45, 2.75) is 26.3 Å². The topological polar surface area (TPSA) is 106 Å². The zero-order valence-electron chi connectivity index (χ0n) is 11.7. The lowest BCUT2D eigenvalue weighted by Crippen LogP contribution is -2.42. The molecular formula is C13H17N3O5. The summed E-state index contributed by atoms with van der Waals surface area (Å²) in [6.45, 7) is 2.85. The first-order chi connectivity index (χ1) is 9.93. The molecule has 0 bridgehead atoms. The first-order valence-electron chi connectivity index (χ1n) is 6.80. The molecule has 1 aromatic rings. The second kappa shape index (κ2) is 5.94. The van der Waals surface area contributed by atoms with Gasteiger partial charge in [0.15, 0.2) is 0 Å². The van der Waals surface area contributed by atoms with Crippen LogP contribution in [0, 0.1) is 16.0 Å². The van der Waals surface area contributed by atoms with Gasteiger partial charge in [0.2, 0.25) is 0 Å². The Kier molecular flexibility index (Phi) is 4.25. The summed E-state index contributed by atoms with van der Waals surface area (Å²) in [6.07, 6.45) is 2.50. The van der Waals surface area contributed by atoms with E-state index >= 15 is 0 Å². The van der Waals surface area contributed by atoms with Gasteiger partial charge in [0, 0.05) is 25.7 Å². The van der Waals surface area contributed by atoms with E-state index in [-0.39, 0.29) is 23.8 Å². The van der Waals surface area contributed by atoms with Crippen molar-refractivity contribution in [1.82, 2.24) is 9.47 Å². The number of hydrogen-bond donors (Lipinski definition) is 1. The third-order valence-electron chi connectivity index (χ3n) is 3.71. The van der Waals surface area contributed by atoms with Crippen molar-refractivity contribution in [3.63, 3.8) is 0 Å². The predicted molar refractivity (Wildman–Crippen MR) is 73.0 cm³/mol. The minimum atomic E-state index is -0.913. The third-order valence-corrected chi connectivity index (χ3v) is 3.71. The minimum absolute atomic E-state index is 0.132. The number of amides is 1. The van der Waals surface area contributed by atoms with Crippen molar-refractivity contribution in [3.8, 4) is 0 Å². The van der Waals surface area contributed by atoms with Crippen LogP contribution in [-0.4, -0.2) is 44.5 Å². The Morgan fingerprint density at radius 1 is 1.52 bits per heavy atom. The van der Waals surface area contributed by atoms with Gasteiger partial charge in [-0.05, 0) is 19.8 Å². The highest BCUT2D eigenvalue weighted by Crippen LogP contribution is 2.22. The summed E-state index contributed by atoms with van der Waals surface area (Å²) in [7, 11) is 0. The van der Waals surface area contributed by atoms with Crippen LogP contribution in [0.2, 0.25) is 0 Å². The first-order valence-corrected chi connectivity index (χ1v) is 6.80. The quantitative estimate of drug-likeness (QED) is 0.666. The molecule has 1 atom stereocenters. The van der Waals surface area contributed by atoms with E-state index in [9.17, 15) is 19.7 Å². The van der Waals surface area contributed by atoms with E-state index in [4.69, 9.17) is 5.11 Å². The van der Waals surface area contributed by atoms with Crippen LogP contribution < -0.4 is 0 Å². The predicted octanol–water partition coefficient (Wildman–Crippen LogP) is 1.35. The van der Waals surface area contributed by atoms with Crippen molar-refractivity contribution in [2.75, 3.05) is 13.1 Å². The monoisotopic (exact) mass is 295 g/mol. The molecule has 1 fully saturated rings. The summed E-state index contributed by atoms with van der Waals surface area (Å²) in [6, 6.07) is 1.25. The third kappa shape index (κ3) is 3.04. The molecule has 0 aromatic carbocycles. The van der Waals surface area contributed by atoms with Crippen LogP contribution in [0.1, 0.15) is 30.3 Å². The molecule has 1 aliphatic heterocycles. The highest BCUT2D eigenvalue weighted by atomic mass is 16.6. The maximum atomic E-state index is 12.5. The molecule has 0 saturated carbocycles. The average molecular weight is 295 g/mol. The largest absolute Gasteiger partial charge is 0.481 e. The number of carboxylic acid groups (broad SMARTS) is 1. The normalized spacial score (nSPS) is 18.5. The molecule has 0 radical (unpaired) electrons. The Morgan fingerprint density at radius 3 is 2.81 bits per heavy atom. The van der Waals surface area contributed by atoms with Gasteiger partial charge in [-0.25, -0.2) is 0 Å². The summed E-state index contributed by atoms with van der Waals surface area (Å²) in [5, 5.41) is 19.9. The molecule has 0 aliphatic carbocycles. The molecule has 1 aromatic heterocycles. The number of likely N-dealkylation sites (tertiary alicyclic amines) is 1. The number of carbonyl (C=O) groups is 2. The van der Waals surface area contributed by atoms with E-state index in [0.29, 0.717) is 25.9 Å². The molecule has 0 spiro atoms. The van der Waals surface area contributed by atoms with Gasteiger partial charge in [-0.1, -0.05) is 0 Å². The molecule has 8 nitrogen and oxygen atoms in total. The lowest BCUT2D eigenvalue weighted by atomic mass is 9.98. The summed E-state index contributed by atoms with van der Waals surface area (Å²) in [4.78, 5) is 35.3. The summed E-state index contributed by atoms with van der Waals surface area (Å²) in [5.74, 6) is -1.83. The molecule has 114 valence electrons. The molecule has 1 amide bonds. The van der Waals surface area contributed by atoms with Gasteiger partial charge in [0.1, 0.15) is 5.69 Å². The zero-order valence-corrected chi connectivity index (χ0v) is 11.7. The van der Waals surface area contributed by atoms with Gasteiger partial charge < -0.3 is 14.6 Å². The van der Waals surface area contributed by atoms with Crippen LogP contribution >= 0.6 is 0 Å². The first kappa shape index (κ1) is 15.0. The summed E-state index contributed by atoms with van der Waals surface area (Å²) >= 11 is 0. The molecule has 0 unspecified atom stereocenters. The lowest BCUT2D eigenvalue weighted by molar-refractivity contribution is -0.384. The molecule has 2 rings (SSSR count). The lowest BCUT2D eigenvalue weighted by Gasteiger charge is -2.30. The Balaban J connectivity index is 2.23. The van der Waals surface area contributed by atoms with Crippen molar-refractivity contribution >= 4 is 17.6 Å². The van der Waals surface area contributed by atoms with Gasteiger partial charge in [-0.3, -0.25) is 19.7 Å². The van der Waals surface area contributed by atoms with Gasteiger partial charge in [0.05, 0.1) is 17.0 Å². The number of aryl methyl sites for hydroxylation is 1. The standard InChI is InChI=1S/C13H17N3O5/c1-2-14-8-10(16(20)21)6-11(14)12(17)15-5-3-4-9(7-15)13(18)19/h6,8-9H,2-5,7H2,1H3,(H,18,19)/t9-/m1/s1. The number of hydrogen-bond acceptors (Lipinski definition) is 4. The fourth-order valence-corrected chi connectivity index (χ4v) is 2.56. The Morgan fingerprint density at radius 2 is 2.24 bits per heavy atom. The van der Waals surface area contributed by atoms with Crippen molar-refractivity contribution in [3.05, 3.63) is 28.1 Å². The molecule has 21 heavy (non-hydrogen) atoms. The van der Waals surface area contributed by atoms with Crippen molar-refractivity contribution in [2.24, 2.45) is 5.92 Å². The van der Waals surface area contributed by atoms with E-state index in [1.54, 1.807) is 6.92 Å². The van der Waals surface area contributed by atoms with Gasteiger partial charge >= 0.3 is 5.97 Å². The Hall–Kier alpha value is -2.38. The maximum absolute atomic E-state index is 12.5. The number of piperidine rings is 1. The number of nitrogens with zero attached hydrogens (tertiary/aromatic N) is 3. The van der Waals surface area contributed by atoms with Crippen molar-refractivity contribution in [1.29, 1.82) is 0 Å². The molecular weight excluding hydrogens is 278 g/mol. The van der Waals surface area contributed by atoms with Crippen LogP contribution in [-0.2, 0) is 11.3 Å². The highest BCUT2D eigenvalue weighted by molar-refractivity contribution is 5.94. The SMILES string of the molecule is CCn1cc([N+](=O)[O-])cc1C(=O)N1CCC[C@@H](C(=O)O)C1. The van der Waals surface area contributed by atoms with E-state index in [0.717, 1.165) is 0 Å². The number of nitro groups is 1. The number of carbonyl (C=O) groups excluding carboxylic acids is 1. The molecule has 1 N–H and O–H groups in total. The van der Waals surface area contributed by atoms with Crippen LogP contribution in [0.5, 0.6) is 0 Å². The number of rotatable bonds is 4. The number of aliphatic carboxylic acids is 1. The van der Waals surface area contributed by atoms with E-state index < -0.39 is 16.8 Å². The zero-order chi connectivity index (χ0) is 15.6. The average Bonchev–Trinajstić information content (AvgIpc) is 2.91. The fraction of sp³-hybridized carbons (Fsp3) is 0.538.